The Morgan fingerprint density at radius 1 is 1.09 bits per heavy atom. The van der Waals surface area contributed by atoms with E-state index in [4.69, 9.17) is 0 Å². The van der Waals surface area contributed by atoms with E-state index >= 15 is 0 Å². The van der Waals surface area contributed by atoms with Crippen LogP contribution in [-0.2, 0) is 0 Å². The van der Waals surface area contributed by atoms with Crippen molar-refractivity contribution in [3.63, 3.8) is 0 Å². The van der Waals surface area contributed by atoms with Gasteiger partial charge in [0.25, 0.3) is 11.8 Å². The maximum Gasteiger partial charge on any atom is 0.271 e. The van der Waals surface area contributed by atoms with Gasteiger partial charge in [-0.15, -0.1) is 0 Å². The molecule has 2 aromatic rings. The summed E-state index contributed by atoms with van der Waals surface area (Å²) in [4.78, 5) is 32.7. The van der Waals surface area contributed by atoms with Gasteiger partial charge in [-0.05, 0) is 98.8 Å². The number of hydrogen-bond acceptors (Lipinski definition) is 4. The standard InChI is InChI=1S/C26H33N5O2/c32-23(27-6-9-30-7-1-2-8-30)20-14-31-21(4-3-5-22(31)29-20)24(33)28-16-25-11-17-10-19(17)26(15-25)13-18(26)12-25/h3-5,14,17-19H,1-2,6-13,15-16H2,(H,27,32)(H,28,33). The Hall–Kier alpha value is -2.41. The van der Waals surface area contributed by atoms with E-state index in [1.54, 1.807) is 10.6 Å². The fourth-order valence-electron chi connectivity index (χ4n) is 7.95. The monoisotopic (exact) mass is 447 g/mol. The van der Waals surface area contributed by atoms with E-state index in [0.717, 1.165) is 43.9 Å². The molecule has 5 fully saturated rings. The van der Waals surface area contributed by atoms with Crippen molar-refractivity contribution in [2.75, 3.05) is 32.7 Å². The minimum Gasteiger partial charge on any atom is -0.350 e. The molecular formula is C26H33N5O2. The molecule has 4 aliphatic carbocycles. The van der Waals surface area contributed by atoms with Crippen LogP contribution in [0.1, 0.15) is 65.9 Å². The Labute approximate surface area is 194 Å². The number of aromatic nitrogens is 2. The van der Waals surface area contributed by atoms with Gasteiger partial charge >= 0.3 is 0 Å². The fraction of sp³-hybridized carbons (Fsp3) is 0.654. The molecule has 7 heteroatoms. The normalized spacial score (nSPS) is 35.8. The van der Waals surface area contributed by atoms with Crippen LogP contribution >= 0.6 is 0 Å². The molecule has 2 aromatic heterocycles. The highest BCUT2D eigenvalue weighted by Gasteiger charge is 2.76. The highest BCUT2D eigenvalue weighted by Crippen LogP contribution is 2.83. The van der Waals surface area contributed by atoms with Crippen molar-refractivity contribution in [3.8, 4) is 0 Å². The molecule has 0 aromatic carbocycles. The summed E-state index contributed by atoms with van der Waals surface area (Å²) in [7, 11) is 0. The molecule has 1 saturated heterocycles. The third-order valence-electron chi connectivity index (χ3n) is 9.51. The molecule has 174 valence electrons. The Morgan fingerprint density at radius 3 is 2.85 bits per heavy atom. The zero-order valence-electron chi connectivity index (χ0n) is 19.2. The molecule has 1 spiro atoms. The summed E-state index contributed by atoms with van der Waals surface area (Å²) < 4.78 is 1.76. The van der Waals surface area contributed by atoms with Gasteiger partial charge < -0.3 is 15.5 Å². The number of nitrogens with one attached hydrogen (secondary N) is 2. The first-order valence-corrected chi connectivity index (χ1v) is 12.8. The van der Waals surface area contributed by atoms with Crippen molar-refractivity contribution in [2.45, 2.75) is 44.9 Å². The van der Waals surface area contributed by atoms with Gasteiger partial charge in [0, 0.05) is 25.8 Å². The van der Waals surface area contributed by atoms with E-state index < -0.39 is 0 Å². The average molecular weight is 448 g/mol. The first-order valence-electron chi connectivity index (χ1n) is 12.8. The molecule has 33 heavy (non-hydrogen) atoms. The summed E-state index contributed by atoms with van der Waals surface area (Å²) in [5.74, 6) is 2.61. The van der Waals surface area contributed by atoms with Gasteiger partial charge in [0.2, 0.25) is 0 Å². The molecular weight excluding hydrogens is 414 g/mol. The molecule has 5 atom stereocenters. The number of hydrogen-bond donors (Lipinski definition) is 2. The van der Waals surface area contributed by atoms with Crippen LogP contribution in [0.3, 0.4) is 0 Å². The summed E-state index contributed by atoms with van der Waals surface area (Å²) in [5.41, 5.74) is 2.52. The molecule has 4 saturated carbocycles. The van der Waals surface area contributed by atoms with E-state index in [2.05, 4.69) is 20.5 Å². The molecule has 1 aliphatic heterocycles. The van der Waals surface area contributed by atoms with Gasteiger partial charge in [-0.1, -0.05) is 6.07 Å². The van der Waals surface area contributed by atoms with Gasteiger partial charge in [-0.2, -0.15) is 0 Å². The van der Waals surface area contributed by atoms with Gasteiger partial charge in [0.1, 0.15) is 17.0 Å². The number of nitrogens with zero attached hydrogens (tertiary/aromatic N) is 3. The predicted molar refractivity (Wildman–Crippen MR) is 124 cm³/mol. The zero-order valence-corrected chi connectivity index (χ0v) is 19.2. The number of amides is 2. The van der Waals surface area contributed by atoms with Crippen LogP contribution < -0.4 is 10.6 Å². The number of pyridine rings is 1. The fourth-order valence-corrected chi connectivity index (χ4v) is 7.95. The summed E-state index contributed by atoms with van der Waals surface area (Å²) in [6.45, 7) is 4.51. The topological polar surface area (TPSA) is 78.7 Å². The van der Waals surface area contributed by atoms with Crippen molar-refractivity contribution >= 4 is 17.5 Å². The lowest BCUT2D eigenvalue weighted by molar-refractivity contribution is 0.0888. The van der Waals surface area contributed by atoms with Gasteiger partial charge in [-0.25, -0.2) is 4.98 Å². The molecule has 2 amide bonds. The third-order valence-corrected chi connectivity index (χ3v) is 9.51. The van der Waals surface area contributed by atoms with Crippen LogP contribution in [0.4, 0.5) is 0 Å². The van der Waals surface area contributed by atoms with Crippen LogP contribution in [0.5, 0.6) is 0 Å². The molecule has 5 unspecified atom stereocenters. The Kier molecular flexibility index (Phi) is 4.27. The number of carbonyl (C=O) groups excluding carboxylic acids is 2. The molecule has 0 radical (unpaired) electrons. The highest BCUT2D eigenvalue weighted by atomic mass is 16.2. The second kappa shape index (κ2) is 7.05. The molecule has 7 nitrogen and oxygen atoms in total. The van der Waals surface area contributed by atoms with Gasteiger partial charge in [-0.3, -0.25) is 14.0 Å². The van der Waals surface area contributed by atoms with Crippen LogP contribution in [-0.4, -0.2) is 58.8 Å². The van der Waals surface area contributed by atoms with Crippen molar-refractivity contribution in [3.05, 3.63) is 35.8 Å². The SMILES string of the molecule is O=C(NCCN1CCCC1)c1cn2c(C(=O)NCC34CC5CC5C5(CC5C3)C4)cccc2n1. The maximum atomic E-state index is 13.2. The largest absolute Gasteiger partial charge is 0.350 e. The number of carbonyl (C=O) groups is 2. The lowest BCUT2D eigenvalue weighted by Crippen LogP contribution is -2.40. The second-order valence-electron chi connectivity index (χ2n) is 11.6. The van der Waals surface area contributed by atoms with E-state index in [-0.39, 0.29) is 11.8 Å². The van der Waals surface area contributed by atoms with Crippen molar-refractivity contribution in [1.29, 1.82) is 0 Å². The molecule has 2 bridgehead atoms. The maximum absolute atomic E-state index is 13.2. The Balaban J connectivity index is 1.02. The Morgan fingerprint density at radius 2 is 1.97 bits per heavy atom. The minimum absolute atomic E-state index is 0.0686. The minimum atomic E-state index is -0.181. The van der Waals surface area contributed by atoms with E-state index in [9.17, 15) is 9.59 Å². The summed E-state index contributed by atoms with van der Waals surface area (Å²) in [5, 5.41) is 6.25. The van der Waals surface area contributed by atoms with Gasteiger partial charge in [0.05, 0.1) is 0 Å². The lowest BCUT2D eigenvalue weighted by Gasteiger charge is -2.36. The van der Waals surface area contributed by atoms with E-state index in [0.29, 0.717) is 34.4 Å². The van der Waals surface area contributed by atoms with Crippen LogP contribution in [0, 0.1) is 28.6 Å². The molecule has 3 heterocycles. The molecule has 5 aliphatic rings. The van der Waals surface area contributed by atoms with Crippen molar-refractivity contribution < 1.29 is 9.59 Å². The third kappa shape index (κ3) is 3.22. The average Bonchev–Trinajstić information content (AvgIpc) is 3.49. The van der Waals surface area contributed by atoms with Crippen molar-refractivity contribution in [1.82, 2.24) is 24.9 Å². The Bertz CT molecular complexity index is 1130. The quantitative estimate of drug-likeness (QED) is 0.684. The van der Waals surface area contributed by atoms with E-state index in [1.165, 1.54) is 44.9 Å². The van der Waals surface area contributed by atoms with Crippen molar-refractivity contribution in [2.24, 2.45) is 28.6 Å². The number of rotatable bonds is 7. The van der Waals surface area contributed by atoms with Crippen LogP contribution in [0.25, 0.3) is 5.65 Å². The smallest absolute Gasteiger partial charge is 0.271 e. The first kappa shape index (κ1) is 20.0. The highest BCUT2D eigenvalue weighted by molar-refractivity contribution is 5.95. The van der Waals surface area contributed by atoms with Gasteiger partial charge in [0.15, 0.2) is 0 Å². The summed E-state index contributed by atoms with van der Waals surface area (Å²) >= 11 is 0. The summed E-state index contributed by atoms with van der Waals surface area (Å²) in [6.07, 6.45) is 11.0. The molecule has 7 rings (SSSR count). The number of fused-ring (bicyclic) bond motifs is 3. The molecule has 2 N–H and O–H groups in total. The zero-order chi connectivity index (χ0) is 22.2. The predicted octanol–water partition coefficient (Wildman–Crippen LogP) is 2.72. The lowest BCUT2D eigenvalue weighted by atomic mass is 9.71. The van der Waals surface area contributed by atoms with Crippen LogP contribution in [0.2, 0.25) is 0 Å². The first-order chi connectivity index (χ1) is 16.1. The number of likely N-dealkylation sites (tertiary alicyclic amines) is 1. The van der Waals surface area contributed by atoms with Crippen LogP contribution in [0.15, 0.2) is 24.4 Å². The summed E-state index contributed by atoms with van der Waals surface area (Å²) in [6, 6.07) is 5.51. The van der Waals surface area contributed by atoms with E-state index in [1.807, 2.05) is 18.2 Å². The number of imidazole rings is 1. The second-order valence-corrected chi connectivity index (χ2v) is 11.6.